The maximum atomic E-state index is 11.4. The maximum Gasteiger partial charge on any atom is 0.338 e. The van der Waals surface area contributed by atoms with Crippen molar-refractivity contribution < 1.29 is 14.3 Å². The molecule has 0 spiro atoms. The number of nitrogens with zero attached hydrogens (tertiary/aromatic N) is 1. The Kier molecular flexibility index (Phi) is 3.92. The van der Waals surface area contributed by atoms with E-state index in [2.05, 4.69) is 9.97 Å². The van der Waals surface area contributed by atoms with Crippen LogP contribution in [0, 0.1) is 0 Å². The zero-order valence-corrected chi connectivity index (χ0v) is 10.3. The molecule has 0 aliphatic heterocycles. The monoisotopic (exact) mass is 260 g/mol. The van der Waals surface area contributed by atoms with Crippen LogP contribution >= 0.6 is 0 Å². The summed E-state index contributed by atoms with van der Waals surface area (Å²) in [5.41, 5.74) is 0.140. The minimum atomic E-state index is -0.386. The van der Waals surface area contributed by atoms with Gasteiger partial charge in [0.2, 0.25) is 5.88 Å². The normalized spacial score (nSPS) is 9.95. The van der Waals surface area contributed by atoms with Crippen molar-refractivity contribution in [2.75, 3.05) is 6.61 Å². The molecule has 0 saturated carbocycles. The minimum absolute atomic E-state index is 0.188. The van der Waals surface area contributed by atoms with Crippen LogP contribution in [0.15, 0.2) is 41.5 Å². The number of hydrogen-bond donors (Lipinski definition) is 1. The third-order valence-electron chi connectivity index (χ3n) is 2.24. The number of esters is 1. The highest BCUT2D eigenvalue weighted by Crippen LogP contribution is 2.18. The van der Waals surface area contributed by atoms with E-state index in [1.807, 2.05) is 0 Å². The number of aromatic nitrogens is 2. The molecule has 6 heteroatoms. The first-order valence-electron chi connectivity index (χ1n) is 5.69. The van der Waals surface area contributed by atoms with Crippen LogP contribution in [-0.4, -0.2) is 22.5 Å². The minimum Gasteiger partial charge on any atom is -0.462 e. The van der Waals surface area contributed by atoms with E-state index < -0.39 is 0 Å². The highest BCUT2D eigenvalue weighted by molar-refractivity contribution is 5.89. The molecule has 19 heavy (non-hydrogen) atoms. The summed E-state index contributed by atoms with van der Waals surface area (Å²) in [7, 11) is 0. The first kappa shape index (κ1) is 12.8. The Balaban J connectivity index is 2.11. The second kappa shape index (κ2) is 5.81. The van der Waals surface area contributed by atoms with Crippen molar-refractivity contribution in [2.45, 2.75) is 6.92 Å². The average molecular weight is 260 g/mol. The Hall–Kier alpha value is -2.63. The van der Waals surface area contributed by atoms with Crippen molar-refractivity contribution in [3.8, 4) is 11.6 Å². The lowest BCUT2D eigenvalue weighted by Crippen LogP contribution is -2.05. The van der Waals surface area contributed by atoms with Gasteiger partial charge in [-0.1, -0.05) is 0 Å². The number of aromatic amines is 1. The molecular weight excluding hydrogens is 248 g/mol. The number of benzene rings is 1. The number of hydrogen-bond acceptors (Lipinski definition) is 5. The van der Waals surface area contributed by atoms with Crippen LogP contribution in [0.3, 0.4) is 0 Å². The fourth-order valence-electron chi connectivity index (χ4n) is 1.40. The molecule has 0 saturated heterocycles. The second-order valence-electron chi connectivity index (χ2n) is 3.60. The second-order valence-corrected chi connectivity index (χ2v) is 3.60. The number of carbonyl (C=O) groups is 1. The van der Waals surface area contributed by atoms with Crippen molar-refractivity contribution >= 4 is 5.97 Å². The lowest BCUT2D eigenvalue weighted by atomic mass is 10.2. The molecule has 98 valence electrons. The summed E-state index contributed by atoms with van der Waals surface area (Å²) < 4.78 is 10.2. The zero-order chi connectivity index (χ0) is 13.7. The number of rotatable bonds is 4. The van der Waals surface area contributed by atoms with Gasteiger partial charge in [0.1, 0.15) is 5.75 Å². The van der Waals surface area contributed by atoms with E-state index in [0.29, 0.717) is 17.9 Å². The highest BCUT2D eigenvalue weighted by atomic mass is 16.5. The predicted molar refractivity (Wildman–Crippen MR) is 67.3 cm³/mol. The molecule has 1 aromatic heterocycles. The molecule has 0 aliphatic rings. The van der Waals surface area contributed by atoms with E-state index in [-0.39, 0.29) is 17.4 Å². The molecule has 0 aliphatic carbocycles. The van der Waals surface area contributed by atoms with Gasteiger partial charge in [-0.3, -0.25) is 4.79 Å². The Morgan fingerprint density at radius 2 is 2.05 bits per heavy atom. The van der Waals surface area contributed by atoms with Crippen molar-refractivity contribution in [3.05, 3.63) is 52.6 Å². The molecule has 1 N–H and O–H groups in total. The topological polar surface area (TPSA) is 81.3 Å². The molecule has 0 bridgehead atoms. The third-order valence-corrected chi connectivity index (χ3v) is 2.24. The van der Waals surface area contributed by atoms with E-state index in [1.54, 1.807) is 31.2 Å². The molecule has 0 unspecified atom stereocenters. The predicted octanol–water partition coefficient (Wildman–Crippen LogP) is 1.74. The van der Waals surface area contributed by atoms with Crippen molar-refractivity contribution in [1.29, 1.82) is 0 Å². The quantitative estimate of drug-likeness (QED) is 0.847. The van der Waals surface area contributed by atoms with E-state index >= 15 is 0 Å². The Morgan fingerprint density at radius 3 is 2.68 bits per heavy atom. The van der Waals surface area contributed by atoms with Crippen LogP contribution < -0.4 is 10.3 Å². The Bertz CT molecular complexity index is 619. The Labute approximate surface area is 109 Å². The van der Waals surface area contributed by atoms with Gasteiger partial charge in [-0.15, -0.1) is 0 Å². The fourth-order valence-corrected chi connectivity index (χ4v) is 1.40. The van der Waals surface area contributed by atoms with Crippen molar-refractivity contribution in [2.24, 2.45) is 0 Å². The largest absolute Gasteiger partial charge is 0.462 e. The molecule has 0 fully saturated rings. The summed E-state index contributed by atoms with van der Waals surface area (Å²) in [5, 5.41) is 0. The van der Waals surface area contributed by atoms with E-state index in [1.165, 1.54) is 12.4 Å². The van der Waals surface area contributed by atoms with Crippen LogP contribution in [-0.2, 0) is 4.74 Å². The van der Waals surface area contributed by atoms with Crippen LogP contribution in [0.5, 0.6) is 11.6 Å². The van der Waals surface area contributed by atoms with Gasteiger partial charge in [-0.05, 0) is 31.2 Å². The molecule has 2 rings (SSSR count). The lowest BCUT2D eigenvalue weighted by molar-refractivity contribution is 0.0526. The van der Waals surface area contributed by atoms with Crippen LogP contribution in [0.4, 0.5) is 0 Å². The van der Waals surface area contributed by atoms with Crippen molar-refractivity contribution in [1.82, 2.24) is 9.97 Å². The van der Waals surface area contributed by atoms with Gasteiger partial charge in [-0.25, -0.2) is 9.78 Å². The van der Waals surface area contributed by atoms with Gasteiger partial charge in [0.25, 0.3) is 5.56 Å². The summed E-state index contributed by atoms with van der Waals surface area (Å²) in [6.45, 7) is 2.07. The Morgan fingerprint density at radius 1 is 1.32 bits per heavy atom. The molecule has 2 aromatic rings. The summed E-state index contributed by atoms with van der Waals surface area (Å²) in [6, 6.07) is 7.62. The first-order chi connectivity index (χ1) is 9.19. The molecule has 0 amide bonds. The SMILES string of the molecule is CCOC(=O)c1ccc(Oc2cc(=O)[nH]cn2)cc1. The summed E-state index contributed by atoms with van der Waals surface area (Å²) in [5.74, 6) is 0.280. The van der Waals surface area contributed by atoms with Gasteiger partial charge in [0.15, 0.2) is 0 Å². The molecule has 1 aromatic carbocycles. The highest BCUT2D eigenvalue weighted by Gasteiger charge is 2.06. The number of carbonyl (C=O) groups excluding carboxylic acids is 1. The van der Waals surface area contributed by atoms with Gasteiger partial charge in [0, 0.05) is 0 Å². The number of nitrogens with one attached hydrogen (secondary N) is 1. The molecule has 0 atom stereocenters. The average Bonchev–Trinajstić information content (AvgIpc) is 2.40. The molecule has 6 nitrogen and oxygen atoms in total. The smallest absolute Gasteiger partial charge is 0.338 e. The fraction of sp³-hybridized carbons (Fsp3) is 0.154. The van der Waals surface area contributed by atoms with Gasteiger partial charge < -0.3 is 14.5 Å². The van der Waals surface area contributed by atoms with Gasteiger partial charge in [-0.2, -0.15) is 0 Å². The molecule has 1 heterocycles. The lowest BCUT2D eigenvalue weighted by Gasteiger charge is -2.05. The van der Waals surface area contributed by atoms with E-state index in [9.17, 15) is 9.59 Å². The molecule has 0 radical (unpaired) electrons. The van der Waals surface area contributed by atoms with Crippen molar-refractivity contribution in [3.63, 3.8) is 0 Å². The zero-order valence-electron chi connectivity index (χ0n) is 10.3. The third kappa shape index (κ3) is 3.41. The standard InChI is InChI=1S/C13H12N2O4/c1-2-18-13(17)9-3-5-10(6-4-9)19-12-7-11(16)14-8-15-12/h3-8H,2H2,1H3,(H,14,15,16). The summed E-state index contributed by atoms with van der Waals surface area (Å²) >= 11 is 0. The van der Waals surface area contributed by atoms with Gasteiger partial charge >= 0.3 is 5.97 Å². The van der Waals surface area contributed by atoms with E-state index in [4.69, 9.17) is 9.47 Å². The first-order valence-corrected chi connectivity index (χ1v) is 5.69. The summed E-state index contributed by atoms with van der Waals surface area (Å²) in [6.07, 6.45) is 1.25. The molecular formula is C13H12N2O4. The van der Waals surface area contributed by atoms with Gasteiger partial charge in [0.05, 0.1) is 24.6 Å². The summed E-state index contributed by atoms with van der Waals surface area (Å²) in [4.78, 5) is 28.7. The van der Waals surface area contributed by atoms with Crippen LogP contribution in [0.1, 0.15) is 17.3 Å². The number of H-pyrrole nitrogens is 1. The van der Waals surface area contributed by atoms with Crippen LogP contribution in [0.2, 0.25) is 0 Å². The van der Waals surface area contributed by atoms with E-state index in [0.717, 1.165) is 0 Å². The maximum absolute atomic E-state index is 11.4. The van der Waals surface area contributed by atoms with Crippen LogP contribution in [0.25, 0.3) is 0 Å². The number of ether oxygens (including phenoxy) is 2.